The topological polar surface area (TPSA) is 21.3 Å². The first kappa shape index (κ1) is 14.1. The third kappa shape index (κ3) is 5.29. The molecule has 1 N–H and O–H groups in total. The van der Waals surface area contributed by atoms with Crippen molar-refractivity contribution < 1.29 is 9.13 Å². The van der Waals surface area contributed by atoms with Crippen molar-refractivity contribution in [1.82, 2.24) is 5.32 Å². The van der Waals surface area contributed by atoms with Crippen molar-refractivity contribution in [3.63, 3.8) is 0 Å². The average molecular weight is 239 g/mol. The molecule has 1 unspecified atom stereocenters. The van der Waals surface area contributed by atoms with Gasteiger partial charge in [0, 0.05) is 19.2 Å². The molecule has 0 saturated heterocycles. The molecular weight excluding hydrogens is 217 g/mol. The molecule has 3 heteroatoms. The van der Waals surface area contributed by atoms with E-state index in [9.17, 15) is 4.39 Å². The molecule has 0 bridgehead atoms. The van der Waals surface area contributed by atoms with Gasteiger partial charge >= 0.3 is 0 Å². The van der Waals surface area contributed by atoms with Gasteiger partial charge in [0.1, 0.15) is 5.82 Å². The quantitative estimate of drug-likeness (QED) is 0.790. The van der Waals surface area contributed by atoms with Gasteiger partial charge in [0.25, 0.3) is 0 Å². The minimum atomic E-state index is -0.185. The Morgan fingerprint density at radius 1 is 1.35 bits per heavy atom. The molecule has 1 rings (SSSR count). The van der Waals surface area contributed by atoms with Gasteiger partial charge in [-0.15, -0.1) is 0 Å². The summed E-state index contributed by atoms with van der Waals surface area (Å²) in [5.41, 5.74) is 0.965. The van der Waals surface area contributed by atoms with E-state index < -0.39 is 0 Å². The monoisotopic (exact) mass is 239 g/mol. The van der Waals surface area contributed by atoms with E-state index in [0.29, 0.717) is 25.1 Å². The molecule has 0 amide bonds. The van der Waals surface area contributed by atoms with E-state index >= 15 is 0 Å². The fraction of sp³-hybridized carbons (Fsp3) is 0.571. The molecule has 0 aliphatic carbocycles. The van der Waals surface area contributed by atoms with Crippen LogP contribution in [0.5, 0.6) is 0 Å². The fourth-order valence-corrected chi connectivity index (χ4v) is 1.63. The van der Waals surface area contributed by atoms with Gasteiger partial charge in [-0.25, -0.2) is 4.39 Å². The average Bonchev–Trinajstić information content (AvgIpc) is 2.28. The van der Waals surface area contributed by atoms with Crippen LogP contribution >= 0.6 is 0 Å². The number of nitrogens with one attached hydrogen (secondary N) is 1. The number of halogens is 1. The summed E-state index contributed by atoms with van der Waals surface area (Å²) in [6.07, 6.45) is 0. The normalized spacial score (nSPS) is 13.0. The lowest BCUT2D eigenvalue weighted by Crippen LogP contribution is -2.37. The van der Waals surface area contributed by atoms with Gasteiger partial charge in [-0.1, -0.05) is 26.0 Å². The zero-order valence-corrected chi connectivity index (χ0v) is 10.9. The first-order valence-electron chi connectivity index (χ1n) is 6.19. The molecule has 0 radical (unpaired) electrons. The molecule has 0 heterocycles. The van der Waals surface area contributed by atoms with Crippen LogP contribution in [0, 0.1) is 11.7 Å². The Balaban J connectivity index is 2.45. The lowest BCUT2D eigenvalue weighted by molar-refractivity contribution is 0.108. The third-order valence-electron chi connectivity index (χ3n) is 2.76. The number of benzene rings is 1. The van der Waals surface area contributed by atoms with Crippen LogP contribution in [-0.4, -0.2) is 19.3 Å². The molecule has 0 aliphatic heterocycles. The molecule has 0 saturated carbocycles. The lowest BCUT2D eigenvalue weighted by atomic mass is 10.0. The van der Waals surface area contributed by atoms with Crippen LogP contribution in [0.3, 0.4) is 0 Å². The highest BCUT2D eigenvalue weighted by Crippen LogP contribution is 2.06. The van der Waals surface area contributed by atoms with Crippen LogP contribution in [0.15, 0.2) is 24.3 Å². The Morgan fingerprint density at radius 3 is 2.71 bits per heavy atom. The molecular formula is C14H22FNO. The predicted octanol–water partition coefficient (Wildman–Crippen LogP) is 2.98. The van der Waals surface area contributed by atoms with Crippen molar-refractivity contribution in [1.29, 1.82) is 0 Å². The minimum absolute atomic E-state index is 0.185. The second-order valence-corrected chi connectivity index (χ2v) is 4.52. The van der Waals surface area contributed by atoms with Crippen molar-refractivity contribution in [2.24, 2.45) is 5.92 Å². The van der Waals surface area contributed by atoms with E-state index in [2.05, 4.69) is 19.2 Å². The summed E-state index contributed by atoms with van der Waals surface area (Å²) in [5.74, 6) is 0.310. The van der Waals surface area contributed by atoms with E-state index in [0.717, 1.165) is 12.2 Å². The SMILES string of the molecule is CCOCC(NCc1cccc(F)c1)C(C)C. The van der Waals surface area contributed by atoms with Gasteiger partial charge in [0.15, 0.2) is 0 Å². The van der Waals surface area contributed by atoms with Crippen molar-refractivity contribution in [2.45, 2.75) is 33.4 Å². The first-order chi connectivity index (χ1) is 8.13. The van der Waals surface area contributed by atoms with Crippen LogP contribution in [0.25, 0.3) is 0 Å². The maximum absolute atomic E-state index is 13.0. The summed E-state index contributed by atoms with van der Waals surface area (Å²) in [6, 6.07) is 6.99. The molecule has 0 aliphatic rings. The van der Waals surface area contributed by atoms with E-state index in [1.165, 1.54) is 6.07 Å². The summed E-state index contributed by atoms with van der Waals surface area (Å²) >= 11 is 0. The van der Waals surface area contributed by atoms with Crippen LogP contribution in [0.4, 0.5) is 4.39 Å². The summed E-state index contributed by atoms with van der Waals surface area (Å²) in [6.45, 7) is 8.40. The van der Waals surface area contributed by atoms with Crippen LogP contribution < -0.4 is 5.32 Å². The zero-order valence-electron chi connectivity index (χ0n) is 10.9. The van der Waals surface area contributed by atoms with Gasteiger partial charge in [-0.05, 0) is 30.5 Å². The van der Waals surface area contributed by atoms with Gasteiger partial charge in [-0.2, -0.15) is 0 Å². The molecule has 1 aromatic carbocycles. The molecule has 96 valence electrons. The molecule has 1 atom stereocenters. The zero-order chi connectivity index (χ0) is 12.7. The van der Waals surface area contributed by atoms with E-state index in [-0.39, 0.29) is 5.82 Å². The second-order valence-electron chi connectivity index (χ2n) is 4.52. The van der Waals surface area contributed by atoms with E-state index in [1.54, 1.807) is 12.1 Å². The van der Waals surface area contributed by atoms with Gasteiger partial charge in [0.2, 0.25) is 0 Å². The van der Waals surface area contributed by atoms with E-state index in [1.807, 2.05) is 13.0 Å². The van der Waals surface area contributed by atoms with Gasteiger partial charge in [0.05, 0.1) is 6.61 Å². The maximum Gasteiger partial charge on any atom is 0.123 e. The molecule has 2 nitrogen and oxygen atoms in total. The van der Waals surface area contributed by atoms with Crippen LogP contribution in [0.2, 0.25) is 0 Å². The standard InChI is InChI=1S/C14H22FNO/c1-4-17-10-14(11(2)3)16-9-12-6-5-7-13(15)8-12/h5-8,11,14,16H,4,9-10H2,1-3H3. The molecule has 0 aromatic heterocycles. The number of rotatable bonds is 7. The fourth-order valence-electron chi connectivity index (χ4n) is 1.63. The summed E-state index contributed by atoms with van der Waals surface area (Å²) in [5, 5.41) is 3.41. The largest absolute Gasteiger partial charge is 0.380 e. The third-order valence-corrected chi connectivity index (χ3v) is 2.76. The van der Waals surface area contributed by atoms with Crippen molar-refractivity contribution in [3.8, 4) is 0 Å². The Hall–Kier alpha value is -0.930. The summed E-state index contributed by atoms with van der Waals surface area (Å²) < 4.78 is 18.4. The van der Waals surface area contributed by atoms with Crippen molar-refractivity contribution >= 4 is 0 Å². The van der Waals surface area contributed by atoms with Gasteiger partial charge in [-0.3, -0.25) is 0 Å². The predicted molar refractivity (Wildman–Crippen MR) is 68.4 cm³/mol. The molecule has 17 heavy (non-hydrogen) atoms. The highest BCUT2D eigenvalue weighted by molar-refractivity contribution is 5.16. The molecule has 1 aromatic rings. The van der Waals surface area contributed by atoms with Crippen LogP contribution in [0.1, 0.15) is 26.3 Å². The Morgan fingerprint density at radius 2 is 2.12 bits per heavy atom. The number of hydrogen-bond acceptors (Lipinski definition) is 2. The molecule has 0 fully saturated rings. The number of hydrogen-bond donors (Lipinski definition) is 1. The lowest BCUT2D eigenvalue weighted by Gasteiger charge is -2.22. The Kier molecular flexibility index (Phi) is 6.16. The smallest absolute Gasteiger partial charge is 0.123 e. The highest BCUT2D eigenvalue weighted by atomic mass is 19.1. The second kappa shape index (κ2) is 7.41. The summed E-state index contributed by atoms with van der Waals surface area (Å²) in [4.78, 5) is 0. The minimum Gasteiger partial charge on any atom is -0.380 e. The highest BCUT2D eigenvalue weighted by Gasteiger charge is 2.12. The van der Waals surface area contributed by atoms with E-state index in [4.69, 9.17) is 4.74 Å². The van der Waals surface area contributed by atoms with Gasteiger partial charge < -0.3 is 10.1 Å². The Bertz CT molecular complexity index is 328. The van der Waals surface area contributed by atoms with Crippen molar-refractivity contribution in [2.75, 3.05) is 13.2 Å². The number of ether oxygens (including phenoxy) is 1. The Labute approximate surface area is 103 Å². The maximum atomic E-state index is 13.0. The summed E-state index contributed by atoms with van der Waals surface area (Å²) in [7, 11) is 0. The molecule has 0 spiro atoms. The van der Waals surface area contributed by atoms with Crippen LogP contribution in [-0.2, 0) is 11.3 Å². The first-order valence-corrected chi connectivity index (χ1v) is 6.19. The van der Waals surface area contributed by atoms with Crippen molar-refractivity contribution in [3.05, 3.63) is 35.6 Å².